The topological polar surface area (TPSA) is 62.3 Å². The van der Waals surface area contributed by atoms with Crippen molar-refractivity contribution in [3.63, 3.8) is 0 Å². The van der Waals surface area contributed by atoms with Gasteiger partial charge in [-0.15, -0.1) is 11.3 Å². The van der Waals surface area contributed by atoms with Crippen molar-refractivity contribution >= 4 is 28.3 Å². The van der Waals surface area contributed by atoms with E-state index in [-0.39, 0.29) is 17.6 Å². The molecule has 1 aromatic heterocycles. The Kier molecular flexibility index (Phi) is 4.97. The van der Waals surface area contributed by atoms with Gasteiger partial charge in [-0.05, 0) is 55.8 Å². The molecule has 7 nitrogen and oxygen atoms in total. The molecule has 7 rings (SSSR count). The number of nitrogens with zero attached hydrogens (tertiary/aromatic N) is 3. The third-order valence-corrected chi connectivity index (χ3v) is 8.47. The highest BCUT2D eigenvalue weighted by molar-refractivity contribution is 7.19. The molecule has 1 spiro atoms. The normalized spacial score (nSPS) is 29.6. The molecule has 2 amide bonds. The van der Waals surface area contributed by atoms with Crippen LogP contribution in [0.5, 0.6) is 0 Å². The number of anilines is 1. The molecule has 0 saturated carbocycles. The summed E-state index contributed by atoms with van der Waals surface area (Å²) < 4.78 is 11.4. The molecule has 5 aliphatic heterocycles. The van der Waals surface area contributed by atoms with E-state index in [0.29, 0.717) is 44.3 Å². The minimum atomic E-state index is -0.359. The number of hydrogen-bond acceptors (Lipinski definition) is 6. The minimum absolute atomic E-state index is 0.0411. The van der Waals surface area contributed by atoms with Crippen molar-refractivity contribution in [2.45, 2.75) is 18.4 Å². The van der Waals surface area contributed by atoms with Crippen molar-refractivity contribution in [2.75, 3.05) is 57.4 Å². The van der Waals surface area contributed by atoms with E-state index < -0.39 is 0 Å². The van der Waals surface area contributed by atoms with Crippen molar-refractivity contribution < 1.29 is 19.1 Å². The number of benzene rings is 1. The molecule has 32 heavy (non-hydrogen) atoms. The number of thiophene rings is 1. The smallest absolute Gasteiger partial charge is 0.415 e. The van der Waals surface area contributed by atoms with Crippen LogP contribution < -0.4 is 4.90 Å². The molecule has 0 N–H and O–H groups in total. The molecular weight excluding hydrogens is 426 g/mol. The zero-order valence-corrected chi connectivity index (χ0v) is 18.8. The first-order valence-corrected chi connectivity index (χ1v) is 12.2. The summed E-state index contributed by atoms with van der Waals surface area (Å²) in [5.41, 5.74) is 1.32. The monoisotopic (exact) mass is 453 g/mol. The Morgan fingerprint density at radius 3 is 2.59 bits per heavy atom. The molecule has 6 heterocycles. The zero-order valence-electron chi connectivity index (χ0n) is 18.0. The van der Waals surface area contributed by atoms with Gasteiger partial charge in [-0.2, -0.15) is 0 Å². The van der Waals surface area contributed by atoms with Gasteiger partial charge in [-0.3, -0.25) is 14.6 Å². The fourth-order valence-electron chi connectivity index (χ4n) is 5.56. The highest BCUT2D eigenvalue weighted by Crippen LogP contribution is 2.45. The molecule has 1 aromatic carbocycles. The summed E-state index contributed by atoms with van der Waals surface area (Å²) in [6.07, 6.45) is 1.99. The van der Waals surface area contributed by atoms with Crippen molar-refractivity contribution in [1.82, 2.24) is 9.80 Å². The van der Waals surface area contributed by atoms with Crippen LogP contribution in [0.2, 0.25) is 0 Å². The van der Waals surface area contributed by atoms with E-state index in [1.54, 1.807) is 16.2 Å². The van der Waals surface area contributed by atoms with Crippen molar-refractivity contribution in [3.8, 4) is 10.4 Å². The van der Waals surface area contributed by atoms with Crippen molar-refractivity contribution in [2.24, 2.45) is 5.92 Å². The lowest BCUT2D eigenvalue weighted by atomic mass is 9.75. The quantitative estimate of drug-likeness (QED) is 0.714. The zero-order chi connectivity index (χ0) is 21.7. The van der Waals surface area contributed by atoms with Crippen molar-refractivity contribution in [1.29, 1.82) is 0 Å². The summed E-state index contributed by atoms with van der Waals surface area (Å²) in [7, 11) is 0. The summed E-state index contributed by atoms with van der Waals surface area (Å²) in [5, 5.41) is 0.906. The van der Waals surface area contributed by atoms with Crippen LogP contribution in [0.4, 0.5) is 9.80 Å². The average molecular weight is 454 g/mol. The van der Waals surface area contributed by atoms with Crippen LogP contribution in [0.3, 0.4) is 0 Å². The Bertz CT molecular complexity index is 1040. The van der Waals surface area contributed by atoms with E-state index in [1.807, 2.05) is 41.3 Å². The lowest BCUT2D eigenvalue weighted by Gasteiger charge is -2.49. The van der Waals surface area contributed by atoms with E-state index in [4.69, 9.17) is 9.47 Å². The lowest BCUT2D eigenvalue weighted by molar-refractivity contribution is -0.0881. The number of carbonyl (C=O) groups is 2. The maximum absolute atomic E-state index is 12.9. The molecule has 0 radical (unpaired) electrons. The first kappa shape index (κ1) is 20.2. The van der Waals surface area contributed by atoms with Crippen LogP contribution in [0.15, 0.2) is 36.4 Å². The molecule has 5 fully saturated rings. The van der Waals surface area contributed by atoms with Crippen LogP contribution in [-0.2, 0) is 9.47 Å². The fraction of sp³-hybridized carbons (Fsp3) is 0.500. The van der Waals surface area contributed by atoms with Crippen LogP contribution in [0.1, 0.15) is 23.2 Å². The molecular formula is C24H27N3O4S. The average Bonchev–Trinajstić information content (AvgIpc) is 3.45. The third-order valence-electron chi connectivity index (χ3n) is 7.31. The number of piperidine rings is 3. The van der Waals surface area contributed by atoms with Gasteiger partial charge >= 0.3 is 6.09 Å². The number of morpholine rings is 1. The third kappa shape index (κ3) is 3.41. The van der Waals surface area contributed by atoms with Gasteiger partial charge < -0.3 is 14.4 Å². The molecule has 2 aromatic rings. The van der Waals surface area contributed by atoms with Gasteiger partial charge in [0.25, 0.3) is 5.91 Å². The number of rotatable bonds is 3. The molecule has 8 heteroatoms. The highest BCUT2D eigenvalue weighted by Gasteiger charge is 2.55. The second kappa shape index (κ2) is 7.86. The summed E-state index contributed by atoms with van der Waals surface area (Å²) >= 11 is 1.58. The second-order valence-electron chi connectivity index (χ2n) is 9.19. The highest BCUT2D eigenvalue weighted by atomic mass is 32.1. The number of ether oxygens (including phenoxy) is 2. The first-order chi connectivity index (χ1) is 15.6. The number of carbonyl (C=O) groups excluding carboxylic acids is 2. The maximum atomic E-state index is 12.9. The van der Waals surface area contributed by atoms with Crippen LogP contribution in [0.25, 0.3) is 10.4 Å². The van der Waals surface area contributed by atoms with Gasteiger partial charge in [-0.25, -0.2) is 4.79 Å². The summed E-state index contributed by atoms with van der Waals surface area (Å²) in [5.74, 6) is 0.503. The van der Waals surface area contributed by atoms with Gasteiger partial charge in [0.15, 0.2) is 0 Å². The fourth-order valence-corrected chi connectivity index (χ4v) is 6.55. The molecule has 5 aliphatic rings. The Morgan fingerprint density at radius 1 is 1.03 bits per heavy atom. The Morgan fingerprint density at radius 2 is 1.84 bits per heavy atom. The molecule has 168 valence electrons. The van der Waals surface area contributed by atoms with E-state index >= 15 is 0 Å². The van der Waals surface area contributed by atoms with Gasteiger partial charge in [0.2, 0.25) is 0 Å². The largest absolute Gasteiger partial charge is 0.439 e. The van der Waals surface area contributed by atoms with Crippen LogP contribution in [0, 0.1) is 5.92 Å². The number of amides is 2. The molecule has 5 saturated heterocycles. The Hall–Kier alpha value is -2.42. The first-order valence-electron chi connectivity index (χ1n) is 11.4. The second-order valence-corrected chi connectivity index (χ2v) is 10.3. The van der Waals surface area contributed by atoms with Gasteiger partial charge in [0.1, 0.15) is 10.6 Å². The SMILES string of the molecule is O=C(c1cccc(-c2ccc(N3CC4(CN5CCC4CC5)OC3=O)s2)c1)N1CCOCC1. The lowest BCUT2D eigenvalue weighted by Crippen LogP contribution is -2.61. The van der Waals surface area contributed by atoms with E-state index in [0.717, 1.165) is 47.9 Å². The molecule has 2 bridgehead atoms. The molecule has 0 aliphatic carbocycles. The summed E-state index contributed by atoms with van der Waals surface area (Å²) in [6, 6.07) is 11.8. The molecule has 1 atom stereocenters. The van der Waals surface area contributed by atoms with Gasteiger partial charge in [0, 0.05) is 36.0 Å². The van der Waals surface area contributed by atoms with E-state index in [1.165, 1.54) is 0 Å². The van der Waals surface area contributed by atoms with E-state index in [9.17, 15) is 9.59 Å². The number of fused-ring (bicyclic) bond motifs is 2. The predicted octanol–water partition coefficient (Wildman–Crippen LogP) is 3.31. The maximum Gasteiger partial charge on any atom is 0.415 e. The van der Waals surface area contributed by atoms with E-state index in [2.05, 4.69) is 4.90 Å². The van der Waals surface area contributed by atoms with Crippen LogP contribution >= 0.6 is 11.3 Å². The number of hydrogen-bond donors (Lipinski definition) is 0. The Balaban J connectivity index is 1.22. The minimum Gasteiger partial charge on any atom is -0.439 e. The molecule has 1 unspecified atom stereocenters. The summed E-state index contributed by atoms with van der Waals surface area (Å²) in [6.45, 7) is 6.15. The van der Waals surface area contributed by atoms with Crippen molar-refractivity contribution in [3.05, 3.63) is 42.0 Å². The van der Waals surface area contributed by atoms with Crippen LogP contribution in [-0.4, -0.2) is 79.9 Å². The summed E-state index contributed by atoms with van der Waals surface area (Å²) in [4.78, 5) is 32.8. The predicted molar refractivity (Wildman–Crippen MR) is 122 cm³/mol. The Labute approximate surface area is 191 Å². The van der Waals surface area contributed by atoms with Gasteiger partial charge in [-0.1, -0.05) is 12.1 Å². The standard InChI is InChI=1S/C24H27N3O4S/c28-22(26-10-12-30-13-11-26)18-3-1-2-17(14-18)20-4-5-21(32-20)27-16-24(31-23(27)29)15-25-8-6-19(24)7-9-25/h1-5,14,19H,6-13,15-16H2. The van der Waals surface area contributed by atoms with Gasteiger partial charge in [0.05, 0.1) is 19.8 Å².